The van der Waals surface area contributed by atoms with E-state index in [0.29, 0.717) is 5.75 Å². The SMILES string of the molecule is COc1ccc(Br)cc1[C@@H](C)C(=O)N1C(=O)OC(c2ccccc2)C1C. The van der Waals surface area contributed by atoms with E-state index in [1.807, 2.05) is 49.4 Å². The summed E-state index contributed by atoms with van der Waals surface area (Å²) in [5.41, 5.74) is 1.59. The Balaban J connectivity index is 1.88. The number of methoxy groups -OCH3 is 1. The number of cyclic esters (lactones) is 1. The predicted octanol–water partition coefficient (Wildman–Crippen LogP) is 4.67. The Labute approximate surface area is 161 Å². The van der Waals surface area contributed by atoms with Gasteiger partial charge < -0.3 is 9.47 Å². The van der Waals surface area contributed by atoms with Crippen molar-refractivity contribution in [2.24, 2.45) is 0 Å². The first-order chi connectivity index (χ1) is 12.4. The van der Waals surface area contributed by atoms with Gasteiger partial charge in [0, 0.05) is 10.0 Å². The monoisotopic (exact) mass is 417 g/mol. The highest BCUT2D eigenvalue weighted by molar-refractivity contribution is 9.10. The van der Waals surface area contributed by atoms with Crippen molar-refractivity contribution in [1.82, 2.24) is 4.90 Å². The van der Waals surface area contributed by atoms with E-state index in [1.54, 1.807) is 20.1 Å². The number of halogens is 1. The van der Waals surface area contributed by atoms with E-state index in [2.05, 4.69) is 15.9 Å². The van der Waals surface area contributed by atoms with E-state index >= 15 is 0 Å². The van der Waals surface area contributed by atoms with Gasteiger partial charge in [-0.3, -0.25) is 4.79 Å². The van der Waals surface area contributed by atoms with Gasteiger partial charge in [-0.05, 0) is 37.6 Å². The van der Waals surface area contributed by atoms with E-state index in [9.17, 15) is 9.59 Å². The van der Waals surface area contributed by atoms with Crippen LogP contribution in [0.15, 0.2) is 53.0 Å². The molecule has 0 bridgehead atoms. The molecular weight excluding hydrogens is 398 g/mol. The largest absolute Gasteiger partial charge is 0.496 e. The molecule has 0 saturated carbocycles. The van der Waals surface area contributed by atoms with Gasteiger partial charge in [-0.2, -0.15) is 0 Å². The Morgan fingerprint density at radius 3 is 2.58 bits per heavy atom. The fraction of sp³-hybridized carbons (Fsp3) is 0.300. The van der Waals surface area contributed by atoms with Gasteiger partial charge in [0.15, 0.2) is 0 Å². The maximum atomic E-state index is 13.1. The molecule has 6 heteroatoms. The van der Waals surface area contributed by atoms with Gasteiger partial charge in [-0.15, -0.1) is 0 Å². The average molecular weight is 418 g/mol. The van der Waals surface area contributed by atoms with Gasteiger partial charge in [-0.25, -0.2) is 9.69 Å². The highest BCUT2D eigenvalue weighted by Crippen LogP contribution is 2.36. The number of ether oxygens (including phenoxy) is 2. The fourth-order valence-electron chi connectivity index (χ4n) is 3.23. The van der Waals surface area contributed by atoms with Crippen LogP contribution < -0.4 is 4.74 Å². The van der Waals surface area contributed by atoms with Gasteiger partial charge >= 0.3 is 6.09 Å². The lowest BCUT2D eigenvalue weighted by Crippen LogP contribution is -2.40. The topological polar surface area (TPSA) is 55.8 Å². The summed E-state index contributed by atoms with van der Waals surface area (Å²) in [6.45, 7) is 3.59. The molecule has 136 valence electrons. The first-order valence-electron chi connectivity index (χ1n) is 8.36. The molecule has 0 spiro atoms. The first-order valence-corrected chi connectivity index (χ1v) is 9.15. The molecule has 1 fully saturated rings. The van der Waals surface area contributed by atoms with Gasteiger partial charge in [-0.1, -0.05) is 46.3 Å². The number of amides is 2. The number of hydrogen-bond donors (Lipinski definition) is 0. The van der Waals surface area contributed by atoms with Crippen LogP contribution in [0, 0.1) is 0 Å². The number of benzene rings is 2. The molecule has 2 unspecified atom stereocenters. The molecule has 0 radical (unpaired) electrons. The van der Waals surface area contributed by atoms with Crippen LogP contribution >= 0.6 is 15.9 Å². The van der Waals surface area contributed by atoms with Crippen molar-refractivity contribution in [3.05, 3.63) is 64.1 Å². The molecule has 1 heterocycles. The third kappa shape index (κ3) is 3.33. The van der Waals surface area contributed by atoms with E-state index < -0.39 is 24.2 Å². The summed E-state index contributed by atoms with van der Waals surface area (Å²) in [7, 11) is 1.56. The molecule has 1 aliphatic rings. The molecule has 5 nitrogen and oxygen atoms in total. The molecule has 2 amide bonds. The van der Waals surface area contributed by atoms with Crippen molar-refractivity contribution in [2.75, 3.05) is 7.11 Å². The van der Waals surface area contributed by atoms with Crippen LogP contribution in [-0.4, -0.2) is 30.1 Å². The molecule has 0 aliphatic carbocycles. The van der Waals surface area contributed by atoms with E-state index in [-0.39, 0.29) is 5.91 Å². The third-order valence-corrected chi connectivity index (χ3v) is 5.16. The normalized spacial score (nSPS) is 20.6. The molecule has 1 saturated heterocycles. The summed E-state index contributed by atoms with van der Waals surface area (Å²) in [4.78, 5) is 26.7. The number of nitrogens with zero attached hydrogens (tertiary/aromatic N) is 1. The molecule has 0 aromatic heterocycles. The summed E-state index contributed by atoms with van der Waals surface area (Å²) in [5, 5.41) is 0. The van der Waals surface area contributed by atoms with Gasteiger partial charge in [0.25, 0.3) is 0 Å². The second kappa shape index (κ2) is 7.50. The van der Waals surface area contributed by atoms with Crippen LogP contribution in [0.25, 0.3) is 0 Å². The van der Waals surface area contributed by atoms with E-state index in [4.69, 9.17) is 9.47 Å². The maximum Gasteiger partial charge on any atom is 0.417 e. The van der Waals surface area contributed by atoms with E-state index in [0.717, 1.165) is 15.6 Å². The fourth-order valence-corrected chi connectivity index (χ4v) is 3.61. The second-order valence-electron chi connectivity index (χ2n) is 6.27. The lowest BCUT2D eigenvalue weighted by molar-refractivity contribution is -0.130. The van der Waals surface area contributed by atoms with Crippen LogP contribution in [0.2, 0.25) is 0 Å². The Hall–Kier alpha value is -2.34. The van der Waals surface area contributed by atoms with Crippen LogP contribution in [0.1, 0.15) is 37.0 Å². The average Bonchev–Trinajstić information content (AvgIpc) is 2.95. The van der Waals surface area contributed by atoms with Gasteiger partial charge in [0.05, 0.1) is 19.1 Å². The van der Waals surface area contributed by atoms with Crippen LogP contribution in [-0.2, 0) is 9.53 Å². The van der Waals surface area contributed by atoms with Crippen molar-refractivity contribution in [3.63, 3.8) is 0 Å². The minimum Gasteiger partial charge on any atom is -0.496 e. The number of hydrogen-bond acceptors (Lipinski definition) is 4. The molecule has 3 rings (SSSR count). The molecule has 1 aliphatic heterocycles. The number of carbonyl (C=O) groups excluding carboxylic acids is 2. The minimum atomic E-state index is -0.614. The molecule has 3 atom stereocenters. The molecule has 2 aromatic carbocycles. The van der Waals surface area contributed by atoms with Crippen molar-refractivity contribution >= 4 is 27.9 Å². The summed E-state index contributed by atoms with van der Waals surface area (Å²) in [5.74, 6) is -0.252. The number of carbonyl (C=O) groups is 2. The summed E-state index contributed by atoms with van der Waals surface area (Å²) >= 11 is 3.42. The smallest absolute Gasteiger partial charge is 0.417 e. The number of imide groups is 1. The first kappa shape index (κ1) is 18.5. The number of rotatable bonds is 4. The van der Waals surface area contributed by atoms with Crippen molar-refractivity contribution in [1.29, 1.82) is 0 Å². The Bertz CT molecular complexity index is 824. The van der Waals surface area contributed by atoms with E-state index in [1.165, 1.54) is 4.90 Å². The van der Waals surface area contributed by atoms with Crippen LogP contribution in [0.3, 0.4) is 0 Å². The minimum absolute atomic E-state index is 0.308. The predicted molar refractivity (Wildman–Crippen MR) is 101 cm³/mol. The van der Waals surface area contributed by atoms with Crippen molar-refractivity contribution in [3.8, 4) is 5.75 Å². The summed E-state index contributed by atoms with van der Waals surface area (Å²) in [6, 6.07) is 14.5. The van der Waals surface area contributed by atoms with Crippen LogP contribution in [0.4, 0.5) is 4.79 Å². The Morgan fingerprint density at radius 1 is 1.23 bits per heavy atom. The Morgan fingerprint density at radius 2 is 1.92 bits per heavy atom. The quantitative estimate of drug-likeness (QED) is 0.724. The zero-order valence-electron chi connectivity index (χ0n) is 14.8. The summed E-state index contributed by atoms with van der Waals surface area (Å²) in [6.07, 6.45) is -1.08. The zero-order valence-corrected chi connectivity index (χ0v) is 16.4. The van der Waals surface area contributed by atoms with Gasteiger partial charge in [0.1, 0.15) is 11.9 Å². The van der Waals surface area contributed by atoms with Crippen molar-refractivity contribution in [2.45, 2.75) is 31.9 Å². The molecule has 2 aromatic rings. The Kier molecular flexibility index (Phi) is 5.32. The lowest BCUT2D eigenvalue weighted by atomic mass is 9.97. The molecule has 0 N–H and O–H groups in total. The lowest BCUT2D eigenvalue weighted by Gasteiger charge is -2.23. The molecule has 26 heavy (non-hydrogen) atoms. The second-order valence-corrected chi connectivity index (χ2v) is 7.19. The maximum absolute atomic E-state index is 13.1. The summed E-state index contributed by atoms with van der Waals surface area (Å²) < 4.78 is 11.7. The highest BCUT2D eigenvalue weighted by Gasteiger charge is 2.45. The standard InChI is InChI=1S/C20H20BrNO4/c1-12(16-11-15(21)9-10-17(16)25-3)19(23)22-13(2)18(26-20(22)24)14-7-5-4-6-8-14/h4-13,18H,1-3H3/t12-,13?,18?/m1/s1. The van der Waals surface area contributed by atoms with Crippen molar-refractivity contribution < 1.29 is 19.1 Å². The molecular formula is C20H20BrNO4. The highest BCUT2D eigenvalue weighted by atomic mass is 79.9. The van der Waals surface area contributed by atoms with Gasteiger partial charge in [0.2, 0.25) is 5.91 Å². The van der Waals surface area contributed by atoms with Crippen LogP contribution in [0.5, 0.6) is 5.75 Å². The zero-order chi connectivity index (χ0) is 18.8. The third-order valence-electron chi connectivity index (χ3n) is 4.66.